The van der Waals surface area contributed by atoms with Gasteiger partial charge in [-0.1, -0.05) is 49.4 Å². The summed E-state index contributed by atoms with van der Waals surface area (Å²) < 4.78 is 41.9. The summed E-state index contributed by atoms with van der Waals surface area (Å²) in [6.45, 7) is 4.21. The average Bonchev–Trinajstić information content (AvgIpc) is 4.30. The van der Waals surface area contributed by atoms with E-state index in [9.17, 15) is 34.8 Å². The average molecular weight is 1180 g/mol. The molecule has 2 unspecified atom stereocenters. The van der Waals surface area contributed by atoms with E-state index in [2.05, 4.69) is 59.6 Å². The standard InChI is InChI=1S/C29H43ClN6O7.C25H36ClN5O7/c30-10-3-1-2-4-13-41-15-16-42-14-12-33-25(40)9-5-8-24(39)32-11-6-7-21-18-36(26-17-22(38)23(19-37)43-26)29-27(21)28(31)34-20-35-29;26-7-3-1-2-4-9-35-12-13-36-11-8-28-25(34)37-10-5-6-18-15-31(21-14-19(33)20(16-32)38-21)24-22(18)23(27)29-17-30-24/h18,20,22-23,26,37-38H,1-5,8-17,19H2,(H,32,39)(H,33,40)(H2,31,34,35);15,17,19-21,32-33H,1-4,7-14,16H2,(H,28,34)(H2,27,29,30)/t22?,23-,26-;19?,20-,21-/m11/s1. The van der Waals surface area contributed by atoms with E-state index in [0.717, 1.165) is 51.4 Å². The molecule has 25 nitrogen and oxygen atoms in total. The summed E-state index contributed by atoms with van der Waals surface area (Å²) >= 11 is 11.3. The predicted octanol–water partition coefficient (Wildman–Crippen LogP) is 2.81. The van der Waals surface area contributed by atoms with E-state index in [4.69, 9.17) is 67.8 Å². The van der Waals surface area contributed by atoms with Crippen LogP contribution in [0.1, 0.15) is 107 Å². The van der Waals surface area contributed by atoms with Crippen molar-refractivity contribution in [3.63, 3.8) is 0 Å². The Hall–Kier alpha value is -5.65. The summed E-state index contributed by atoms with van der Waals surface area (Å²) in [6.07, 6.45) is 11.4. The van der Waals surface area contributed by atoms with Crippen LogP contribution in [0.3, 0.4) is 0 Å². The number of aliphatic hydroxyl groups is 4. The smallest absolute Gasteiger partial charge is 0.408 e. The molecule has 2 aliphatic rings. The van der Waals surface area contributed by atoms with Gasteiger partial charge in [-0.3, -0.25) is 9.59 Å². The molecule has 0 bridgehead atoms. The number of halogens is 2. The first-order valence-electron chi connectivity index (χ1n) is 27.4. The van der Waals surface area contributed by atoms with Gasteiger partial charge in [-0.2, -0.15) is 0 Å². The van der Waals surface area contributed by atoms with Gasteiger partial charge in [0.05, 0.1) is 93.5 Å². The van der Waals surface area contributed by atoms with Crippen LogP contribution in [-0.2, 0) is 42.7 Å². The Morgan fingerprint density at radius 3 is 1.54 bits per heavy atom. The zero-order valence-corrected chi connectivity index (χ0v) is 47.3. The van der Waals surface area contributed by atoms with Crippen LogP contribution >= 0.6 is 23.2 Å². The minimum Gasteiger partial charge on any atom is -0.436 e. The second-order valence-electron chi connectivity index (χ2n) is 18.8. The number of carbonyl (C=O) groups excluding carboxylic acids is 3. The Labute approximate surface area is 481 Å². The van der Waals surface area contributed by atoms with Crippen LogP contribution in [0.2, 0.25) is 0 Å². The largest absolute Gasteiger partial charge is 0.436 e. The summed E-state index contributed by atoms with van der Waals surface area (Å²) in [4.78, 5) is 52.7. The van der Waals surface area contributed by atoms with Crippen LogP contribution in [0.5, 0.6) is 0 Å². The molecule has 2 fully saturated rings. The molecule has 11 N–H and O–H groups in total. The normalized spacial score (nSPS) is 18.4. The molecule has 4 aromatic heterocycles. The third-order valence-electron chi connectivity index (χ3n) is 12.7. The fraction of sp³-hybridized carbons (Fsp3) is 0.648. The molecule has 3 amide bonds. The number of nitrogens with zero attached hydrogens (tertiary/aromatic N) is 6. The Bertz CT molecular complexity index is 2640. The van der Waals surface area contributed by atoms with E-state index in [1.165, 1.54) is 12.7 Å². The SMILES string of the molecule is Nc1ncnc2c1c(C#CCNC(=O)CCCC(=O)NCCOCCOCCCCCCCl)cn2[C@H]1CC(O)[C@@H](CO)O1.Nc1ncnc2c1c(C#CCOC(=O)NCCOCCOCCCCCCCl)cn2[C@H]1CC(O)[C@@H](CO)O1. The number of nitrogens with two attached hydrogens (primary N) is 2. The molecule has 0 aliphatic carbocycles. The molecule has 0 radical (unpaired) electrons. The fourth-order valence-corrected chi connectivity index (χ4v) is 8.91. The molecule has 81 heavy (non-hydrogen) atoms. The summed E-state index contributed by atoms with van der Waals surface area (Å²) in [5.41, 5.74) is 14.2. The van der Waals surface area contributed by atoms with Gasteiger partial charge in [-0.05, 0) is 32.1 Å². The lowest BCUT2D eigenvalue weighted by Crippen LogP contribution is -2.28. The Balaban J connectivity index is 0.000000300. The van der Waals surface area contributed by atoms with Gasteiger partial charge in [-0.25, -0.2) is 24.7 Å². The first-order chi connectivity index (χ1) is 39.5. The number of aliphatic hydroxyl groups excluding tert-OH is 4. The van der Waals surface area contributed by atoms with Crippen molar-refractivity contribution in [3.05, 3.63) is 36.2 Å². The van der Waals surface area contributed by atoms with Crippen LogP contribution < -0.4 is 27.4 Å². The number of alkyl halides is 2. The highest BCUT2D eigenvalue weighted by Gasteiger charge is 2.37. The molecular formula is C54H79Cl2N11O14. The number of hydrogen-bond acceptors (Lipinski definition) is 20. The van der Waals surface area contributed by atoms with Crippen LogP contribution in [0.25, 0.3) is 22.1 Å². The number of hydrogen-bond donors (Lipinski definition) is 9. The number of carbonyl (C=O) groups is 3. The lowest BCUT2D eigenvalue weighted by molar-refractivity contribution is -0.122. The number of nitrogen functional groups attached to an aromatic ring is 2. The van der Waals surface area contributed by atoms with Crippen molar-refractivity contribution < 1.29 is 68.0 Å². The molecule has 6 heterocycles. The van der Waals surface area contributed by atoms with Gasteiger partial charge >= 0.3 is 6.09 Å². The first-order valence-corrected chi connectivity index (χ1v) is 28.5. The maximum Gasteiger partial charge on any atom is 0.408 e. The number of unbranched alkanes of at least 4 members (excludes halogenated alkanes) is 6. The van der Waals surface area contributed by atoms with Gasteiger partial charge in [0.25, 0.3) is 0 Å². The number of fused-ring (bicyclic) bond motifs is 2. The molecule has 2 saturated heterocycles. The number of ether oxygens (including phenoxy) is 7. The van der Waals surface area contributed by atoms with Crippen molar-refractivity contribution in [3.8, 4) is 23.7 Å². The molecule has 448 valence electrons. The van der Waals surface area contributed by atoms with E-state index in [0.29, 0.717) is 117 Å². The van der Waals surface area contributed by atoms with Gasteiger partial charge in [0, 0.05) is 76.1 Å². The van der Waals surface area contributed by atoms with E-state index in [1.807, 2.05) is 0 Å². The molecule has 0 saturated carbocycles. The van der Waals surface area contributed by atoms with E-state index < -0.39 is 43.0 Å². The van der Waals surface area contributed by atoms with Crippen molar-refractivity contribution in [2.45, 2.75) is 120 Å². The van der Waals surface area contributed by atoms with Crippen LogP contribution in [0.15, 0.2) is 25.0 Å². The van der Waals surface area contributed by atoms with E-state index in [1.54, 1.807) is 21.5 Å². The topological polar surface area (TPSA) is 346 Å². The van der Waals surface area contributed by atoms with Crippen LogP contribution in [0, 0.1) is 23.7 Å². The molecule has 6 rings (SSSR count). The molecular weight excluding hydrogens is 1100 g/mol. The first kappa shape index (κ1) is 66.2. The zero-order chi connectivity index (χ0) is 58.0. The molecule has 27 heteroatoms. The Morgan fingerprint density at radius 2 is 1.06 bits per heavy atom. The van der Waals surface area contributed by atoms with Crippen molar-refractivity contribution >= 4 is 74.8 Å². The maximum atomic E-state index is 12.2. The minimum atomic E-state index is -0.807. The van der Waals surface area contributed by atoms with Crippen molar-refractivity contribution in [2.75, 3.05) is 116 Å². The third-order valence-corrected chi connectivity index (χ3v) is 13.3. The second-order valence-corrected chi connectivity index (χ2v) is 19.5. The third kappa shape index (κ3) is 22.9. The quantitative estimate of drug-likeness (QED) is 0.0184. The number of aromatic nitrogens is 6. The van der Waals surface area contributed by atoms with Crippen LogP contribution in [-0.4, -0.2) is 196 Å². The predicted molar refractivity (Wildman–Crippen MR) is 302 cm³/mol. The highest BCUT2D eigenvalue weighted by molar-refractivity contribution is 6.18. The van der Waals surface area contributed by atoms with Gasteiger partial charge < -0.3 is 90.1 Å². The van der Waals surface area contributed by atoms with Crippen molar-refractivity contribution in [1.29, 1.82) is 0 Å². The number of rotatable bonds is 34. The molecule has 2 aliphatic heterocycles. The maximum absolute atomic E-state index is 12.2. The molecule has 6 atom stereocenters. The number of alkyl carbamates (subject to hydrolysis) is 1. The monoisotopic (exact) mass is 1180 g/mol. The van der Waals surface area contributed by atoms with Gasteiger partial charge in [0.1, 0.15) is 60.2 Å². The van der Waals surface area contributed by atoms with E-state index in [-0.39, 0.29) is 75.5 Å². The summed E-state index contributed by atoms with van der Waals surface area (Å²) in [5.74, 6) is 13.2. The van der Waals surface area contributed by atoms with Crippen molar-refractivity contribution in [1.82, 2.24) is 45.0 Å². The highest BCUT2D eigenvalue weighted by atomic mass is 35.5. The fourth-order valence-electron chi connectivity index (χ4n) is 8.53. The lowest BCUT2D eigenvalue weighted by Gasteiger charge is -2.14. The Kier molecular flexibility index (Phi) is 31.2. The summed E-state index contributed by atoms with van der Waals surface area (Å²) in [7, 11) is 0. The van der Waals surface area contributed by atoms with Crippen molar-refractivity contribution in [2.24, 2.45) is 0 Å². The molecule has 0 aromatic carbocycles. The minimum absolute atomic E-state index is 0.103. The second kappa shape index (κ2) is 38.2. The number of nitrogens with one attached hydrogen (secondary N) is 3. The summed E-state index contributed by atoms with van der Waals surface area (Å²) in [5, 5.41) is 48.2. The number of amides is 3. The van der Waals surface area contributed by atoms with Crippen LogP contribution in [0.4, 0.5) is 16.4 Å². The Morgan fingerprint density at radius 1 is 0.605 bits per heavy atom. The van der Waals surface area contributed by atoms with Gasteiger partial charge in [0.15, 0.2) is 6.61 Å². The number of anilines is 2. The zero-order valence-electron chi connectivity index (χ0n) is 45.7. The summed E-state index contributed by atoms with van der Waals surface area (Å²) in [6, 6.07) is 0. The van der Waals surface area contributed by atoms with Gasteiger partial charge in [0.2, 0.25) is 11.8 Å². The lowest BCUT2D eigenvalue weighted by atomic mass is 10.2. The molecule has 0 spiro atoms. The molecule has 4 aromatic rings. The highest BCUT2D eigenvalue weighted by Crippen LogP contribution is 2.35. The van der Waals surface area contributed by atoms with Gasteiger partial charge in [-0.15, -0.1) is 23.2 Å². The van der Waals surface area contributed by atoms with E-state index >= 15 is 0 Å².